The molecule has 0 unspecified atom stereocenters. The van der Waals surface area contributed by atoms with Gasteiger partial charge in [-0.2, -0.15) is 5.10 Å². The Hall–Kier alpha value is -1.38. The van der Waals surface area contributed by atoms with E-state index in [0.717, 1.165) is 30.1 Å². The van der Waals surface area contributed by atoms with Crippen LogP contribution in [0.2, 0.25) is 0 Å². The van der Waals surface area contributed by atoms with Gasteiger partial charge in [0.2, 0.25) is 0 Å². The second-order valence-corrected chi connectivity index (χ2v) is 8.15. The van der Waals surface area contributed by atoms with Crippen molar-refractivity contribution >= 4 is 59.9 Å². The Balaban J connectivity index is 1.99. The summed E-state index contributed by atoms with van der Waals surface area (Å²) in [5.41, 5.74) is 5.08. The maximum absolute atomic E-state index is 12.0. The van der Waals surface area contributed by atoms with E-state index in [9.17, 15) is 4.79 Å². The van der Waals surface area contributed by atoms with Crippen molar-refractivity contribution in [2.24, 2.45) is 5.10 Å². The molecule has 0 aromatic heterocycles. The zero-order chi connectivity index (χ0) is 19.3. The number of hydrazone groups is 1. The summed E-state index contributed by atoms with van der Waals surface area (Å²) in [6, 6.07) is 7.58. The van der Waals surface area contributed by atoms with Crippen LogP contribution in [0.4, 0.5) is 0 Å². The van der Waals surface area contributed by atoms with Crippen molar-refractivity contribution in [3.63, 3.8) is 0 Å². The summed E-state index contributed by atoms with van der Waals surface area (Å²) in [4.78, 5) is 12.0. The molecule has 0 radical (unpaired) electrons. The molecule has 0 heterocycles. The van der Waals surface area contributed by atoms with E-state index in [1.807, 2.05) is 38.1 Å². The van der Waals surface area contributed by atoms with Crippen LogP contribution in [0.25, 0.3) is 0 Å². The summed E-state index contributed by atoms with van der Waals surface area (Å²) < 4.78 is 13.6. The van der Waals surface area contributed by atoms with Crippen LogP contribution in [0.1, 0.15) is 16.7 Å². The first-order chi connectivity index (χ1) is 12.3. The Kier molecular flexibility index (Phi) is 7.67. The molecule has 1 amide bonds. The predicted molar refractivity (Wildman–Crippen MR) is 113 cm³/mol. The lowest BCUT2D eigenvalue weighted by molar-refractivity contribution is -0.123. The molecule has 8 heteroatoms. The molecular formula is C18H17Br3N2O3. The number of halogens is 3. The molecule has 0 saturated carbocycles. The van der Waals surface area contributed by atoms with Gasteiger partial charge in [0, 0.05) is 14.5 Å². The summed E-state index contributed by atoms with van der Waals surface area (Å²) >= 11 is 10.3. The molecule has 0 saturated heterocycles. The topological polar surface area (TPSA) is 59.9 Å². The van der Waals surface area contributed by atoms with Crippen LogP contribution < -0.4 is 14.9 Å². The van der Waals surface area contributed by atoms with Crippen LogP contribution >= 0.6 is 47.8 Å². The largest absolute Gasteiger partial charge is 0.495 e. The number of methoxy groups -OCH3 is 1. The Morgan fingerprint density at radius 1 is 1.08 bits per heavy atom. The lowest BCUT2D eigenvalue weighted by atomic mass is 10.1. The first-order valence-electron chi connectivity index (χ1n) is 7.56. The van der Waals surface area contributed by atoms with Crippen LogP contribution in [-0.4, -0.2) is 25.8 Å². The number of amides is 1. The molecule has 2 aromatic rings. The Morgan fingerprint density at radius 2 is 1.69 bits per heavy atom. The molecule has 0 fully saturated rings. The van der Waals surface area contributed by atoms with Crippen molar-refractivity contribution in [3.05, 3.63) is 54.4 Å². The van der Waals surface area contributed by atoms with Crippen molar-refractivity contribution in [3.8, 4) is 11.5 Å². The van der Waals surface area contributed by atoms with Gasteiger partial charge < -0.3 is 9.47 Å². The van der Waals surface area contributed by atoms with Gasteiger partial charge in [-0.15, -0.1) is 0 Å². The smallest absolute Gasteiger partial charge is 0.277 e. The normalized spacial score (nSPS) is 10.8. The quantitative estimate of drug-likeness (QED) is 0.402. The van der Waals surface area contributed by atoms with Crippen molar-refractivity contribution in [2.45, 2.75) is 13.8 Å². The molecule has 0 atom stereocenters. The van der Waals surface area contributed by atoms with Crippen LogP contribution in [0.15, 0.2) is 42.8 Å². The van der Waals surface area contributed by atoms with Crippen LogP contribution in [0.5, 0.6) is 11.5 Å². The number of carbonyl (C=O) groups excluding carboxylic acids is 1. The number of rotatable bonds is 6. The lowest BCUT2D eigenvalue weighted by Gasteiger charge is -2.12. The summed E-state index contributed by atoms with van der Waals surface area (Å²) in [6.45, 7) is 3.74. The highest BCUT2D eigenvalue weighted by Gasteiger charge is 2.09. The van der Waals surface area contributed by atoms with Crippen molar-refractivity contribution in [1.29, 1.82) is 0 Å². The van der Waals surface area contributed by atoms with E-state index in [0.29, 0.717) is 11.5 Å². The monoisotopic (exact) mass is 546 g/mol. The van der Waals surface area contributed by atoms with Gasteiger partial charge in [0.25, 0.3) is 5.91 Å². The average molecular weight is 549 g/mol. The van der Waals surface area contributed by atoms with E-state index in [4.69, 9.17) is 9.47 Å². The standard InChI is InChI=1S/C18H17Br3N2O3/c1-10-4-13(19)5-11(2)17(10)26-9-16(24)23-22-8-12-6-14(20)7-15(21)18(12)25-3/h4-8H,9H2,1-3H3,(H,23,24). The van der Waals surface area contributed by atoms with Crippen LogP contribution in [-0.2, 0) is 4.79 Å². The molecule has 2 aromatic carbocycles. The fraction of sp³-hybridized carbons (Fsp3) is 0.222. The minimum Gasteiger partial charge on any atom is -0.495 e. The average Bonchev–Trinajstić information content (AvgIpc) is 2.53. The first-order valence-corrected chi connectivity index (χ1v) is 9.94. The van der Waals surface area contributed by atoms with Gasteiger partial charge in [-0.25, -0.2) is 5.43 Å². The van der Waals surface area contributed by atoms with Crippen molar-refractivity contribution in [2.75, 3.05) is 13.7 Å². The first kappa shape index (κ1) is 20.9. The summed E-state index contributed by atoms with van der Waals surface area (Å²) in [5, 5.41) is 3.97. The van der Waals surface area contributed by atoms with Crippen LogP contribution in [0, 0.1) is 13.8 Å². The van der Waals surface area contributed by atoms with E-state index in [1.165, 1.54) is 6.21 Å². The fourth-order valence-electron chi connectivity index (χ4n) is 2.36. The van der Waals surface area contributed by atoms with E-state index < -0.39 is 0 Å². The highest BCUT2D eigenvalue weighted by Crippen LogP contribution is 2.31. The number of hydrogen-bond donors (Lipinski definition) is 1. The molecule has 26 heavy (non-hydrogen) atoms. The van der Waals surface area contributed by atoms with Crippen molar-refractivity contribution < 1.29 is 14.3 Å². The zero-order valence-corrected chi connectivity index (χ0v) is 19.2. The highest BCUT2D eigenvalue weighted by molar-refractivity contribution is 9.11. The minimum atomic E-state index is -0.351. The van der Waals surface area contributed by atoms with Crippen molar-refractivity contribution in [1.82, 2.24) is 5.43 Å². The Bertz CT molecular complexity index is 831. The van der Waals surface area contributed by atoms with Gasteiger partial charge >= 0.3 is 0 Å². The fourth-order valence-corrected chi connectivity index (χ4v) is 4.47. The third-order valence-electron chi connectivity index (χ3n) is 3.41. The summed E-state index contributed by atoms with van der Waals surface area (Å²) in [5.74, 6) is 0.976. The third-order valence-corrected chi connectivity index (χ3v) is 4.91. The number of hydrogen-bond acceptors (Lipinski definition) is 4. The SMILES string of the molecule is COc1c(Br)cc(Br)cc1C=NNC(=O)COc1c(C)cc(Br)cc1C. The molecule has 0 spiro atoms. The summed E-state index contributed by atoms with van der Waals surface area (Å²) in [6.07, 6.45) is 1.52. The van der Waals surface area contributed by atoms with Gasteiger partial charge in [0.15, 0.2) is 6.61 Å². The van der Waals surface area contributed by atoms with Gasteiger partial charge in [-0.05, 0) is 65.2 Å². The molecule has 1 N–H and O–H groups in total. The lowest BCUT2D eigenvalue weighted by Crippen LogP contribution is -2.25. The molecule has 0 aliphatic carbocycles. The molecule has 2 rings (SSSR count). The number of nitrogens with one attached hydrogen (secondary N) is 1. The maximum atomic E-state index is 12.0. The maximum Gasteiger partial charge on any atom is 0.277 e. The minimum absolute atomic E-state index is 0.125. The third kappa shape index (κ3) is 5.56. The number of benzene rings is 2. The Labute approximate surface area is 177 Å². The molecule has 0 bridgehead atoms. The number of carbonyl (C=O) groups is 1. The zero-order valence-electron chi connectivity index (χ0n) is 14.4. The summed E-state index contributed by atoms with van der Waals surface area (Å²) in [7, 11) is 1.57. The molecule has 138 valence electrons. The molecule has 0 aliphatic heterocycles. The van der Waals surface area contributed by atoms with Gasteiger partial charge in [-0.3, -0.25) is 4.79 Å². The van der Waals surface area contributed by atoms with Gasteiger partial charge in [0.1, 0.15) is 11.5 Å². The van der Waals surface area contributed by atoms with Gasteiger partial charge in [0.05, 0.1) is 17.8 Å². The van der Waals surface area contributed by atoms with E-state index in [2.05, 4.69) is 58.3 Å². The van der Waals surface area contributed by atoms with E-state index in [1.54, 1.807) is 7.11 Å². The molecular weight excluding hydrogens is 532 g/mol. The van der Waals surface area contributed by atoms with Crippen LogP contribution in [0.3, 0.4) is 0 Å². The number of ether oxygens (including phenoxy) is 2. The molecule has 5 nitrogen and oxygen atoms in total. The number of nitrogens with zero attached hydrogens (tertiary/aromatic N) is 1. The second kappa shape index (κ2) is 9.53. The highest BCUT2D eigenvalue weighted by atomic mass is 79.9. The van der Waals surface area contributed by atoms with Gasteiger partial charge in [-0.1, -0.05) is 31.9 Å². The van der Waals surface area contributed by atoms with E-state index in [-0.39, 0.29) is 12.5 Å². The second-order valence-electron chi connectivity index (χ2n) is 5.46. The Morgan fingerprint density at radius 3 is 2.31 bits per heavy atom. The molecule has 0 aliphatic rings. The van der Waals surface area contributed by atoms with E-state index >= 15 is 0 Å². The predicted octanol–water partition coefficient (Wildman–Crippen LogP) is 5.13. The number of aryl methyl sites for hydroxylation is 2.